The number of nitrogens with zero attached hydrogens (tertiary/aromatic N) is 2. The Balaban J connectivity index is 1.61. The highest BCUT2D eigenvalue weighted by atomic mass is 16.5. The fourth-order valence-electron chi connectivity index (χ4n) is 6.63. The van der Waals surface area contributed by atoms with Crippen LogP contribution >= 0.6 is 0 Å². The van der Waals surface area contributed by atoms with Crippen LogP contribution in [0.1, 0.15) is 48.7 Å². The molecule has 5 aromatic carbocycles. The SMILES string of the molecule is COc1cc(C(O)(c2cn(C(c3ccccc3)(c3ccccc3)c3ccccc3)cn2)C(C)C)c(NC(C)=O)cc1-c1ccccc1. The van der Waals surface area contributed by atoms with Crippen molar-refractivity contribution in [2.75, 3.05) is 12.4 Å². The lowest BCUT2D eigenvalue weighted by molar-refractivity contribution is -0.114. The number of anilines is 1. The molecule has 2 N–H and O–H groups in total. The topological polar surface area (TPSA) is 76.4 Å². The van der Waals surface area contributed by atoms with Gasteiger partial charge in [0.1, 0.15) is 16.9 Å². The molecule has 6 aromatic rings. The Labute approximate surface area is 276 Å². The van der Waals surface area contributed by atoms with E-state index in [2.05, 4.69) is 46.3 Å². The van der Waals surface area contributed by atoms with Crippen molar-refractivity contribution in [1.82, 2.24) is 9.55 Å². The Morgan fingerprint density at radius 3 is 1.72 bits per heavy atom. The highest BCUT2D eigenvalue weighted by molar-refractivity contribution is 5.92. The van der Waals surface area contributed by atoms with E-state index in [-0.39, 0.29) is 11.8 Å². The fraction of sp³-hybridized carbons (Fsp3) is 0.171. The molecule has 0 saturated carbocycles. The summed E-state index contributed by atoms with van der Waals surface area (Å²) in [4.78, 5) is 17.5. The van der Waals surface area contributed by atoms with Gasteiger partial charge in [0.2, 0.25) is 5.91 Å². The normalized spacial score (nSPS) is 12.8. The maximum atomic E-state index is 12.9. The molecule has 6 nitrogen and oxygen atoms in total. The Morgan fingerprint density at radius 1 is 0.787 bits per heavy atom. The van der Waals surface area contributed by atoms with Crippen molar-refractivity contribution >= 4 is 11.6 Å². The highest BCUT2D eigenvalue weighted by Crippen LogP contribution is 2.46. The van der Waals surface area contributed by atoms with Crippen molar-refractivity contribution in [3.8, 4) is 16.9 Å². The molecule has 0 spiro atoms. The van der Waals surface area contributed by atoms with E-state index in [1.807, 2.05) is 117 Å². The zero-order valence-electron chi connectivity index (χ0n) is 27.1. The van der Waals surface area contributed by atoms with Gasteiger partial charge in [0.25, 0.3) is 0 Å². The molecule has 0 fully saturated rings. The third-order valence-corrected chi connectivity index (χ3v) is 8.92. The third kappa shape index (κ3) is 5.62. The molecule has 47 heavy (non-hydrogen) atoms. The van der Waals surface area contributed by atoms with Gasteiger partial charge in [0, 0.05) is 29.9 Å². The number of benzene rings is 5. The number of ether oxygens (including phenoxy) is 1. The van der Waals surface area contributed by atoms with Crippen molar-refractivity contribution in [1.29, 1.82) is 0 Å². The van der Waals surface area contributed by atoms with Crippen LogP contribution in [-0.2, 0) is 15.9 Å². The van der Waals surface area contributed by atoms with Crippen LogP contribution in [0, 0.1) is 5.92 Å². The van der Waals surface area contributed by atoms with E-state index in [4.69, 9.17) is 9.72 Å². The maximum Gasteiger partial charge on any atom is 0.221 e. The predicted octanol–water partition coefficient (Wildman–Crippen LogP) is 8.25. The van der Waals surface area contributed by atoms with Gasteiger partial charge in [-0.1, -0.05) is 135 Å². The van der Waals surface area contributed by atoms with Crippen molar-refractivity contribution in [3.05, 3.63) is 174 Å². The number of imidazole rings is 1. The second-order valence-corrected chi connectivity index (χ2v) is 12.0. The van der Waals surface area contributed by atoms with E-state index in [1.165, 1.54) is 6.92 Å². The molecular weight excluding hydrogens is 582 g/mol. The molecule has 0 aliphatic heterocycles. The molecule has 1 aromatic heterocycles. The molecular formula is C41H39N3O3. The fourth-order valence-corrected chi connectivity index (χ4v) is 6.63. The summed E-state index contributed by atoms with van der Waals surface area (Å²) in [6, 6.07) is 44.5. The summed E-state index contributed by atoms with van der Waals surface area (Å²) in [7, 11) is 1.61. The largest absolute Gasteiger partial charge is 0.496 e. The molecule has 1 heterocycles. The average Bonchev–Trinajstić information content (AvgIpc) is 3.61. The minimum Gasteiger partial charge on any atom is -0.496 e. The van der Waals surface area contributed by atoms with E-state index >= 15 is 0 Å². The summed E-state index contributed by atoms with van der Waals surface area (Å²) in [5.74, 6) is -0.0143. The summed E-state index contributed by atoms with van der Waals surface area (Å²) in [6.07, 6.45) is 3.73. The van der Waals surface area contributed by atoms with Crippen LogP contribution in [0.25, 0.3) is 11.1 Å². The van der Waals surface area contributed by atoms with Crippen LogP contribution in [0.4, 0.5) is 5.69 Å². The summed E-state index contributed by atoms with van der Waals surface area (Å²) < 4.78 is 7.98. The second kappa shape index (κ2) is 13.1. The molecule has 1 unspecified atom stereocenters. The Bertz CT molecular complexity index is 1860. The molecule has 0 bridgehead atoms. The van der Waals surface area contributed by atoms with Gasteiger partial charge >= 0.3 is 0 Å². The van der Waals surface area contributed by atoms with Gasteiger partial charge in [-0.2, -0.15) is 0 Å². The predicted molar refractivity (Wildman–Crippen MR) is 187 cm³/mol. The standard InChI is InChI=1S/C41H39N3O3/c1-29(2)41(46,36-26-38(47-4)35(25-37(36)43-30(3)45)31-17-9-5-10-18-31)39-27-44(28-42-39)40(32-19-11-6-12-20-32,33-21-13-7-14-22-33)34-23-15-8-16-24-34/h5-29,46H,1-4H3,(H,43,45). The number of rotatable bonds is 10. The Morgan fingerprint density at radius 2 is 1.28 bits per heavy atom. The smallest absolute Gasteiger partial charge is 0.221 e. The number of aliphatic hydroxyl groups is 1. The van der Waals surface area contributed by atoms with E-state index in [9.17, 15) is 9.90 Å². The maximum absolute atomic E-state index is 12.9. The average molecular weight is 622 g/mol. The zero-order chi connectivity index (χ0) is 33.0. The second-order valence-electron chi connectivity index (χ2n) is 12.0. The molecule has 0 aliphatic carbocycles. The van der Waals surface area contributed by atoms with Crippen molar-refractivity contribution < 1.29 is 14.6 Å². The molecule has 1 atom stereocenters. The quantitative estimate of drug-likeness (QED) is 0.151. The van der Waals surface area contributed by atoms with Crippen LogP contribution in [0.3, 0.4) is 0 Å². The van der Waals surface area contributed by atoms with E-state index < -0.39 is 11.1 Å². The first-order chi connectivity index (χ1) is 22.8. The number of aromatic nitrogens is 2. The number of hydrogen-bond donors (Lipinski definition) is 2. The van der Waals surface area contributed by atoms with Crippen LogP contribution in [0.15, 0.2) is 146 Å². The lowest BCUT2D eigenvalue weighted by atomic mass is 9.76. The number of carbonyl (C=O) groups is 1. The number of carbonyl (C=O) groups excluding carboxylic acids is 1. The summed E-state index contributed by atoms with van der Waals surface area (Å²) >= 11 is 0. The zero-order valence-corrected chi connectivity index (χ0v) is 27.1. The van der Waals surface area contributed by atoms with Crippen molar-refractivity contribution in [3.63, 3.8) is 0 Å². The van der Waals surface area contributed by atoms with Gasteiger partial charge in [-0.25, -0.2) is 4.98 Å². The van der Waals surface area contributed by atoms with Crippen LogP contribution in [0.5, 0.6) is 5.75 Å². The monoisotopic (exact) mass is 621 g/mol. The molecule has 0 radical (unpaired) electrons. The van der Waals surface area contributed by atoms with Crippen molar-refractivity contribution in [2.45, 2.75) is 31.9 Å². The van der Waals surface area contributed by atoms with Gasteiger partial charge in [-0.3, -0.25) is 4.79 Å². The lowest BCUT2D eigenvalue weighted by Crippen LogP contribution is -2.38. The minimum atomic E-state index is -1.61. The van der Waals surface area contributed by atoms with E-state index in [0.29, 0.717) is 22.7 Å². The summed E-state index contributed by atoms with van der Waals surface area (Å²) in [5.41, 5.74) is 3.88. The van der Waals surface area contributed by atoms with Gasteiger partial charge in [-0.15, -0.1) is 0 Å². The number of hydrogen-bond acceptors (Lipinski definition) is 4. The highest BCUT2D eigenvalue weighted by Gasteiger charge is 2.44. The Hall–Kier alpha value is -5.46. The van der Waals surface area contributed by atoms with Crippen molar-refractivity contribution in [2.24, 2.45) is 5.92 Å². The van der Waals surface area contributed by atoms with Gasteiger partial charge in [-0.05, 0) is 40.3 Å². The molecule has 236 valence electrons. The first-order valence-corrected chi connectivity index (χ1v) is 15.8. The van der Waals surface area contributed by atoms with Gasteiger partial charge < -0.3 is 19.7 Å². The van der Waals surface area contributed by atoms with Gasteiger partial charge in [0.05, 0.1) is 19.1 Å². The molecule has 6 rings (SSSR count). The molecule has 1 amide bonds. The van der Waals surface area contributed by atoms with Crippen LogP contribution < -0.4 is 10.1 Å². The Kier molecular flexibility index (Phi) is 8.79. The summed E-state index contributed by atoms with van der Waals surface area (Å²) in [6.45, 7) is 5.37. The lowest BCUT2D eigenvalue weighted by Gasteiger charge is -2.38. The van der Waals surface area contributed by atoms with Crippen LogP contribution in [-0.4, -0.2) is 27.7 Å². The third-order valence-electron chi connectivity index (χ3n) is 8.92. The van der Waals surface area contributed by atoms with Gasteiger partial charge in [0.15, 0.2) is 0 Å². The van der Waals surface area contributed by atoms with Crippen LogP contribution in [0.2, 0.25) is 0 Å². The van der Waals surface area contributed by atoms with E-state index in [0.717, 1.165) is 27.8 Å². The molecule has 0 aliphatic rings. The molecule has 6 heteroatoms. The molecule has 0 saturated heterocycles. The number of methoxy groups -OCH3 is 1. The first kappa shape index (κ1) is 31.5. The first-order valence-electron chi connectivity index (χ1n) is 15.8. The van der Waals surface area contributed by atoms with E-state index in [1.54, 1.807) is 13.4 Å². The summed E-state index contributed by atoms with van der Waals surface area (Å²) in [5, 5.41) is 15.9. The number of amides is 1. The minimum absolute atomic E-state index is 0.247. The number of nitrogens with one attached hydrogen (secondary N) is 1.